The standard InChI is InChI=1S/C11H13BrN4/c1-9-7-15-16(8-9)6-5-14-11-10(12)3-2-4-13-11/h2-4,7-8H,5-6H2,1H3,(H,13,14). The second kappa shape index (κ2) is 5.12. The van der Waals surface area contributed by atoms with Crippen LogP contribution in [0, 0.1) is 6.92 Å². The molecule has 2 aromatic rings. The monoisotopic (exact) mass is 280 g/mol. The highest BCUT2D eigenvalue weighted by Gasteiger charge is 1.99. The predicted molar refractivity (Wildman–Crippen MR) is 67.4 cm³/mol. The van der Waals surface area contributed by atoms with Crippen molar-refractivity contribution in [1.82, 2.24) is 14.8 Å². The van der Waals surface area contributed by atoms with Crippen LogP contribution in [0.1, 0.15) is 5.56 Å². The Bertz CT molecular complexity index is 467. The summed E-state index contributed by atoms with van der Waals surface area (Å²) in [5.74, 6) is 0.867. The smallest absolute Gasteiger partial charge is 0.140 e. The number of hydrogen-bond donors (Lipinski definition) is 1. The Labute approximate surface area is 103 Å². The molecule has 84 valence electrons. The third kappa shape index (κ3) is 2.82. The molecule has 0 saturated carbocycles. The van der Waals surface area contributed by atoms with E-state index < -0.39 is 0 Å². The number of hydrogen-bond acceptors (Lipinski definition) is 3. The van der Waals surface area contributed by atoms with Gasteiger partial charge in [0, 0.05) is 18.9 Å². The molecule has 0 spiro atoms. The lowest BCUT2D eigenvalue weighted by Crippen LogP contribution is -2.11. The maximum Gasteiger partial charge on any atom is 0.140 e. The van der Waals surface area contributed by atoms with Gasteiger partial charge in [0.2, 0.25) is 0 Å². The third-order valence-corrected chi connectivity index (χ3v) is 2.79. The maximum atomic E-state index is 4.23. The quantitative estimate of drug-likeness (QED) is 0.936. The van der Waals surface area contributed by atoms with E-state index in [0.717, 1.165) is 23.4 Å². The molecule has 1 N–H and O–H groups in total. The van der Waals surface area contributed by atoms with Crippen LogP contribution in [-0.4, -0.2) is 21.3 Å². The van der Waals surface area contributed by atoms with E-state index in [9.17, 15) is 0 Å². The molecule has 0 amide bonds. The highest BCUT2D eigenvalue weighted by atomic mass is 79.9. The summed E-state index contributed by atoms with van der Waals surface area (Å²) in [4.78, 5) is 4.23. The SMILES string of the molecule is Cc1cnn(CCNc2ncccc2Br)c1. The highest BCUT2D eigenvalue weighted by Crippen LogP contribution is 2.17. The van der Waals surface area contributed by atoms with E-state index in [0.29, 0.717) is 0 Å². The number of aromatic nitrogens is 3. The van der Waals surface area contributed by atoms with Gasteiger partial charge in [0.1, 0.15) is 5.82 Å². The number of anilines is 1. The minimum absolute atomic E-state index is 0.802. The van der Waals surface area contributed by atoms with E-state index in [4.69, 9.17) is 0 Å². The van der Waals surface area contributed by atoms with Crippen LogP contribution in [-0.2, 0) is 6.54 Å². The first-order chi connectivity index (χ1) is 7.75. The van der Waals surface area contributed by atoms with Gasteiger partial charge in [-0.3, -0.25) is 4.68 Å². The van der Waals surface area contributed by atoms with E-state index in [2.05, 4.69) is 31.3 Å². The van der Waals surface area contributed by atoms with Gasteiger partial charge in [-0.25, -0.2) is 4.98 Å². The van der Waals surface area contributed by atoms with Crippen molar-refractivity contribution in [2.24, 2.45) is 0 Å². The third-order valence-electron chi connectivity index (χ3n) is 2.15. The molecule has 0 atom stereocenters. The van der Waals surface area contributed by atoms with Gasteiger partial charge in [0.15, 0.2) is 0 Å². The van der Waals surface area contributed by atoms with Crippen LogP contribution < -0.4 is 5.32 Å². The van der Waals surface area contributed by atoms with Gasteiger partial charge in [-0.2, -0.15) is 5.10 Å². The Morgan fingerprint density at radius 2 is 2.38 bits per heavy atom. The van der Waals surface area contributed by atoms with Gasteiger partial charge in [-0.05, 0) is 40.5 Å². The van der Waals surface area contributed by atoms with E-state index >= 15 is 0 Å². The normalized spacial score (nSPS) is 10.4. The molecule has 0 saturated heterocycles. The fraction of sp³-hybridized carbons (Fsp3) is 0.273. The van der Waals surface area contributed by atoms with Gasteiger partial charge in [0.05, 0.1) is 17.2 Å². The van der Waals surface area contributed by atoms with Crippen molar-refractivity contribution >= 4 is 21.7 Å². The zero-order chi connectivity index (χ0) is 11.4. The van der Waals surface area contributed by atoms with Gasteiger partial charge < -0.3 is 5.32 Å². The summed E-state index contributed by atoms with van der Waals surface area (Å²) in [6.45, 7) is 3.67. The number of halogens is 1. The van der Waals surface area contributed by atoms with E-state index in [-0.39, 0.29) is 0 Å². The summed E-state index contributed by atoms with van der Waals surface area (Å²) in [5.41, 5.74) is 1.18. The summed E-state index contributed by atoms with van der Waals surface area (Å²) >= 11 is 3.44. The van der Waals surface area contributed by atoms with Crippen molar-refractivity contribution in [3.8, 4) is 0 Å². The van der Waals surface area contributed by atoms with Crippen LogP contribution in [0.2, 0.25) is 0 Å². The second-order valence-corrected chi connectivity index (χ2v) is 4.40. The molecule has 0 aliphatic rings. The number of aryl methyl sites for hydroxylation is 1. The van der Waals surface area contributed by atoms with Crippen molar-refractivity contribution in [3.63, 3.8) is 0 Å². The average molecular weight is 281 g/mol. The average Bonchev–Trinajstić information content (AvgIpc) is 2.67. The lowest BCUT2D eigenvalue weighted by molar-refractivity contribution is 0.636. The lowest BCUT2D eigenvalue weighted by Gasteiger charge is -2.06. The predicted octanol–water partition coefficient (Wildman–Crippen LogP) is 2.46. The summed E-state index contributed by atoms with van der Waals surface area (Å²) in [6, 6.07) is 3.86. The number of rotatable bonds is 4. The molecule has 0 unspecified atom stereocenters. The van der Waals surface area contributed by atoms with Crippen LogP contribution in [0.25, 0.3) is 0 Å². The van der Waals surface area contributed by atoms with Crippen LogP contribution in [0.3, 0.4) is 0 Å². The van der Waals surface area contributed by atoms with Gasteiger partial charge >= 0.3 is 0 Å². The molecular formula is C11H13BrN4. The van der Waals surface area contributed by atoms with E-state index in [1.54, 1.807) is 6.20 Å². The minimum Gasteiger partial charge on any atom is -0.367 e. The first-order valence-electron chi connectivity index (χ1n) is 5.09. The molecule has 2 heterocycles. The van der Waals surface area contributed by atoms with Crippen molar-refractivity contribution in [2.75, 3.05) is 11.9 Å². The van der Waals surface area contributed by atoms with Crippen LogP contribution in [0.4, 0.5) is 5.82 Å². The van der Waals surface area contributed by atoms with Crippen molar-refractivity contribution < 1.29 is 0 Å². The highest BCUT2D eigenvalue weighted by molar-refractivity contribution is 9.10. The zero-order valence-corrected chi connectivity index (χ0v) is 10.6. The van der Waals surface area contributed by atoms with Crippen molar-refractivity contribution in [3.05, 3.63) is 40.8 Å². The number of nitrogens with one attached hydrogen (secondary N) is 1. The molecule has 16 heavy (non-hydrogen) atoms. The topological polar surface area (TPSA) is 42.7 Å². The van der Waals surface area contributed by atoms with Gasteiger partial charge in [-0.15, -0.1) is 0 Å². The Balaban J connectivity index is 1.87. The maximum absolute atomic E-state index is 4.23. The summed E-state index contributed by atoms with van der Waals surface area (Å²) in [5, 5.41) is 7.47. The lowest BCUT2D eigenvalue weighted by atomic mass is 10.4. The molecule has 0 fully saturated rings. The number of nitrogens with zero attached hydrogens (tertiary/aromatic N) is 3. The molecule has 0 aromatic carbocycles. The fourth-order valence-corrected chi connectivity index (χ4v) is 1.79. The Hall–Kier alpha value is -1.36. The van der Waals surface area contributed by atoms with Crippen LogP contribution in [0.5, 0.6) is 0 Å². The largest absolute Gasteiger partial charge is 0.367 e. The van der Waals surface area contributed by atoms with Crippen LogP contribution >= 0.6 is 15.9 Å². The molecule has 4 nitrogen and oxygen atoms in total. The van der Waals surface area contributed by atoms with E-state index in [1.165, 1.54) is 5.56 Å². The van der Waals surface area contributed by atoms with Crippen molar-refractivity contribution in [1.29, 1.82) is 0 Å². The molecule has 0 aliphatic carbocycles. The van der Waals surface area contributed by atoms with Crippen LogP contribution in [0.15, 0.2) is 35.2 Å². The zero-order valence-electron chi connectivity index (χ0n) is 9.02. The summed E-state index contributed by atoms with van der Waals surface area (Å²) < 4.78 is 2.89. The molecule has 0 aliphatic heterocycles. The molecule has 0 radical (unpaired) electrons. The van der Waals surface area contributed by atoms with Gasteiger partial charge in [-0.1, -0.05) is 0 Å². The van der Waals surface area contributed by atoms with Crippen molar-refractivity contribution in [2.45, 2.75) is 13.5 Å². The minimum atomic E-state index is 0.802. The van der Waals surface area contributed by atoms with E-state index in [1.807, 2.05) is 36.1 Å². The Morgan fingerprint density at radius 3 is 3.06 bits per heavy atom. The molecular weight excluding hydrogens is 268 g/mol. The summed E-state index contributed by atoms with van der Waals surface area (Å²) in [6.07, 6.45) is 5.65. The van der Waals surface area contributed by atoms with Gasteiger partial charge in [0.25, 0.3) is 0 Å². The first kappa shape index (κ1) is 11.1. The number of pyridine rings is 1. The molecule has 2 aromatic heterocycles. The Kier molecular flexibility index (Phi) is 3.56. The first-order valence-corrected chi connectivity index (χ1v) is 5.88. The molecule has 0 bridgehead atoms. The molecule has 2 rings (SSSR count). The molecule has 5 heteroatoms. The Morgan fingerprint density at radius 1 is 1.50 bits per heavy atom. The second-order valence-electron chi connectivity index (χ2n) is 3.54. The fourth-order valence-electron chi connectivity index (χ4n) is 1.39. The summed E-state index contributed by atoms with van der Waals surface area (Å²) in [7, 11) is 0.